The number of hydrogen-bond donors (Lipinski definition) is 2. The first-order valence-corrected chi connectivity index (χ1v) is 7.80. The lowest BCUT2D eigenvalue weighted by Gasteiger charge is -2.22. The number of hydrogen-bond acceptors (Lipinski definition) is 3. The summed E-state index contributed by atoms with van der Waals surface area (Å²) in [5.41, 5.74) is 0.452. The first-order chi connectivity index (χ1) is 10.1. The van der Waals surface area contributed by atoms with E-state index in [9.17, 15) is 15.2 Å². The maximum atomic E-state index is 12.1. The van der Waals surface area contributed by atoms with Gasteiger partial charge in [0.15, 0.2) is 0 Å². The fourth-order valence-corrected chi connectivity index (χ4v) is 2.83. The summed E-state index contributed by atoms with van der Waals surface area (Å²) in [5.74, 6) is -0.333. The third kappa shape index (κ3) is 4.33. The van der Waals surface area contributed by atoms with Crippen LogP contribution in [0.5, 0.6) is 5.75 Å². The Morgan fingerprint density at radius 1 is 1.38 bits per heavy atom. The highest BCUT2D eigenvalue weighted by atomic mass is 79.9. The zero-order valence-corrected chi connectivity index (χ0v) is 13.2. The smallest absolute Gasteiger partial charge is 0.262 e. The van der Waals surface area contributed by atoms with E-state index < -0.39 is 0 Å². The number of nitrogens with zero attached hydrogens (tertiary/aromatic N) is 1. The summed E-state index contributed by atoms with van der Waals surface area (Å²) in [6, 6.07) is 6.94. The molecule has 0 spiro atoms. The van der Waals surface area contributed by atoms with Crippen molar-refractivity contribution in [3.8, 4) is 11.8 Å². The molecule has 21 heavy (non-hydrogen) atoms. The van der Waals surface area contributed by atoms with E-state index in [2.05, 4.69) is 21.2 Å². The molecule has 0 atom stereocenters. The molecule has 0 heterocycles. The lowest BCUT2D eigenvalue weighted by Crippen LogP contribution is -2.36. The van der Waals surface area contributed by atoms with Crippen LogP contribution in [0, 0.1) is 11.3 Å². The molecule has 4 nitrogen and oxygen atoms in total. The van der Waals surface area contributed by atoms with Gasteiger partial charge in [0.25, 0.3) is 5.91 Å². The number of aromatic hydroxyl groups is 1. The normalized spacial score (nSPS) is 16.3. The van der Waals surface area contributed by atoms with Gasteiger partial charge in [0.1, 0.15) is 17.4 Å². The topological polar surface area (TPSA) is 73.1 Å². The molecule has 1 aromatic carbocycles. The molecule has 0 radical (unpaired) electrons. The Balaban J connectivity index is 2.14. The molecule has 5 heteroatoms. The van der Waals surface area contributed by atoms with Crippen LogP contribution in [0.3, 0.4) is 0 Å². The summed E-state index contributed by atoms with van der Waals surface area (Å²) in [5, 5.41) is 21.9. The van der Waals surface area contributed by atoms with Crippen LogP contribution in [0.1, 0.15) is 37.7 Å². The van der Waals surface area contributed by atoms with Crippen molar-refractivity contribution in [3.05, 3.63) is 33.8 Å². The molecule has 1 saturated carbocycles. The second-order valence-corrected chi connectivity index (χ2v) is 6.10. The number of phenolic OH excluding ortho intramolecular Hbond substituents is 1. The molecule has 2 N–H and O–H groups in total. The van der Waals surface area contributed by atoms with Crippen molar-refractivity contribution in [1.82, 2.24) is 5.32 Å². The quantitative estimate of drug-likeness (QED) is 0.648. The zero-order valence-electron chi connectivity index (χ0n) is 11.6. The standard InChI is InChI=1S/C16H17BrN2O2/c17-13-6-7-15(20)11(9-13)8-12(10-18)16(21)19-14-4-2-1-3-5-14/h6-9,14,20H,1-5H2,(H,19,21)/b12-8+. The number of nitriles is 1. The molecule has 0 saturated heterocycles. The van der Waals surface area contributed by atoms with Crippen LogP contribution in [-0.2, 0) is 4.79 Å². The number of benzene rings is 1. The molecule has 0 unspecified atom stereocenters. The molecular weight excluding hydrogens is 332 g/mol. The van der Waals surface area contributed by atoms with E-state index in [1.807, 2.05) is 6.07 Å². The number of carbonyl (C=O) groups is 1. The Morgan fingerprint density at radius 2 is 2.10 bits per heavy atom. The summed E-state index contributed by atoms with van der Waals surface area (Å²) in [4.78, 5) is 12.1. The molecule has 0 bridgehead atoms. The largest absolute Gasteiger partial charge is 0.507 e. The van der Waals surface area contributed by atoms with Crippen LogP contribution in [0.4, 0.5) is 0 Å². The maximum Gasteiger partial charge on any atom is 0.262 e. The fraction of sp³-hybridized carbons (Fsp3) is 0.375. The highest BCUT2D eigenvalue weighted by Gasteiger charge is 2.18. The van der Waals surface area contributed by atoms with Crippen molar-refractivity contribution < 1.29 is 9.90 Å². The number of amides is 1. The lowest BCUT2D eigenvalue weighted by molar-refractivity contribution is -0.117. The maximum absolute atomic E-state index is 12.1. The molecule has 110 valence electrons. The average Bonchev–Trinajstić information content (AvgIpc) is 2.49. The van der Waals surface area contributed by atoms with Gasteiger partial charge < -0.3 is 10.4 Å². The molecule has 1 aliphatic carbocycles. The monoisotopic (exact) mass is 348 g/mol. The average molecular weight is 349 g/mol. The first kappa shape index (κ1) is 15.6. The van der Waals surface area contributed by atoms with Gasteiger partial charge in [0.2, 0.25) is 0 Å². The molecule has 1 aromatic rings. The van der Waals surface area contributed by atoms with Gasteiger partial charge in [-0.05, 0) is 37.1 Å². The summed E-state index contributed by atoms with van der Waals surface area (Å²) >= 11 is 3.30. The summed E-state index contributed by atoms with van der Waals surface area (Å²) in [6.45, 7) is 0. The summed E-state index contributed by atoms with van der Waals surface area (Å²) in [6.07, 6.45) is 6.78. The molecule has 1 amide bonds. The third-order valence-electron chi connectivity index (χ3n) is 3.59. The Kier molecular flexibility index (Phi) is 5.40. The Hall–Kier alpha value is -1.80. The van der Waals surface area contributed by atoms with Crippen molar-refractivity contribution in [2.45, 2.75) is 38.1 Å². The number of halogens is 1. The second-order valence-electron chi connectivity index (χ2n) is 5.18. The second kappa shape index (κ2) is 7.28. The van der Waals surface area contributed by atoms with E-state index in [0.29, 0.717) is 5.56 Å². The fourth-order valence-electron chi connectivity index (χ4n) is 2.46. The van der Waals surface area contributed by atoms with Crippen molar-refractivity contribution in [1.29, 1.82) is 5.26 Å². The minimum absolute atomic E-state index is 0.00831. The number of phenols is 1. The van der Waals surface area contributed by atoms with E-state index in [-0.39, 0.29) is 23.3 Å². The van der Waals surface area contributed by atoms with Gasteiger partial charge >= 0.3 is 0 Å². The van der Waals surface area contributed by atoms with E-state index in [4.69, 9.17) is 0 Å². The first-order valence-electron chi connectivity index (χ1n) is 7.01. The van der Waals surface area contributed by atoms with Crippen LogP contribution < -0.4 is 5.32 Å². The van der Waals surface area contributed by atoms with Gasteiger partial charge in [-0.2, -0.15) is 5.26 Å². The highest BCUT2D eigenvalue weighted by molar-refractivity contribution is 9.10. The molecule has 2 rings (SSSR count). The van der Waals surface area contributed by atoms with Crippen LogP contribution >= 0.6 is 15.9 Å². The summed E-state index contributed by atoms with van der Waals surface area (Å²) < 4.78 is 0.775. The Labute approximate surface area is 132 Å². The van der Waals surface area contributed by atoms with E-state index in [1.54, 1.807) is 12.1 Å². The zero-order chi connectivity index (χ0) is 15.2. The highest BCUT2D eigenvalue weighted by Crippen LogP contribution is 2.24. The van der Waals surface area contributed by atoms with Gasteiger partial charge in [0.05, 0.1) is 0 Å². The number of carbonyl (C=O) groups excluding carboxylic acids is 1. The van der Waals surface area contributed by atoms with Gasteiger partial charge in [-0.15, -0.1) is 0 Å². The third-order valence-corrected chi connectivity index (χ3v) is 4.09. The predicted molar refractivity (Wildman–Crippen MR) is 84.4 cm³/mol. The lowest BCUT2D eigenvalue weighted by atomic mass is 9.95. The SMILES string of the molecule is N#C/C(=C\c1cc(Br)ccc1O)C(=O)NC1CCCCC1. The van der Waals surface area contributed by atoms with E-state index in [1.165, 1.54) is 18.6 Å². The van der Waals surface area contributed by atoms with E-state index in [0.717, 1.165) is 30.2 Å². The number of rotatable bonds is 3. The van der Waals surface area contributed by atoms with Gasteiger partial charge in [0, 0.05) is 16.1 Å². The molecule has 0 aromatic heterocycles. The molecule has 1 fully saturated rings. The van der Waals surface area contributed by atoms with Crippen LogP contribution in [0.15, 0.2) is 28.2 Å². The van der Waals surface area contributed by atoms with Crippen LogP contribution in [0.25, 0.3) is 6.08 Å². The molecular formula is C16H17BrN2O2. The van der Waals surface area contributed by atoms with E-state index >= 15 is 0 Å². The van der Waals surface area contributed by atoms with Crippen LogP contribution in [-0.4, -0.2) is 17.1 Å². The van der Waals surface area contributed by atoms with Crippen molar-refractivity contribution in [2.24, 2.45) is 0 Å². The van der Waals surface area contributed by atoms with Gasteiger partial charge in [-0.1, -0.05) is 35.2 Å². The van der Waals surface area contributed by atoms with Crippen molar-refractivity contribution >= 4 is 27.9 Å². The molecule has 1 aliphatic rings. The number of nitrogens with one attached hydrogen (secondary N) is 1. The Bertz CT molecular complexity index is 599. The summed E-state index contributed by atoms with van der Waals surface area (Å²) in [7, 11) is 0. The van der Waals surface area contributed by atoms with Gasteiger partial charge in [-0.3, -0.25) is 4.79 Å². The molecule has 0 aliphatic heterocycles. The minimum atomic E-state index is -0.372. The van der Waals surface area contributed by atoms with Crippen molar-refractivity contribution in [2.75, 3.05) is 0 Å². The minimum Gasteiger partial charge on any atom is -0.507 e. The van der Waals surface area contributed by atoms with Crippen molar-refractivity contribution in [3.63, 3.8) is 0 Å². The van der Waals surface area contributed by atoms with Gasteiger partial charge in [-0.25, -0.2) is 0 Å². The van der Waals surface area contributed by atoms with Crippen LogP contribution in [0.2, 0.25) is 0 Å². The Morgan fingerprint density at radius 3 is 2.76 bits per heavy atom. The predicted octanol–water partition coefficient (Wildman–Crippen LogP) is 3.51.